The van der Waals surface area contributed by atoms with Gasteiger partial charge in [0.05, 0.1) is 12.5 Å². The fourth-order valence-electron chi connectivity index (χ4n) is 3.75. The molecule has 0 aliphatic carbocycles. The summed E-state index contributed by atoms with van der Waals surface area (Å²) in [7, 11) is 0. The third-order valence-electron chi connectivity index (χ3n) is 5.36. The van der Waals surface area contributed by atoms with Crippen LogP contribution in [0.15, 0.2) is 54.7 Å². The zero-order valence-electron chi connectivity index (χ0n) is 17.4. The van der Waals surface area contributed by atoms with Gasteiger partial charge in [0, 0.05) is 25.4 Å². The van der Waals surface area contributed by atoms with Gasteiger partial charge in [-0.15, -0.1) is 0 Å². The van der Waals surface area contributed by atoms with Crippen molar-refractivity contribution in [3.63, 3.8) is 0 Å². The molecule has 2 aromatic rings. The fourth-order valence-corrected chi connectivity index (χ4v) is 3.75. The molecule has 1 N–H and O–H groups in total. The van der Waals surface area contributed by atoms with Crippen LogP contribution in [-0.4, -0.2) is 34.7 Å². The van der Waals surface area contributed by atoms with E-state index in [0.29, 0.717) is 0 Å². The summed E-state index contributed by atoms with van der Waals surface area (Å²) >= 11 is 0. The van der Waals surface area contributed by atoms with Crippen LogP contribution in [0.4, 0.5) is 5.69 Å². The second-order valence-electron chi connectivity index (χ2n) is 7.30. The monoisotopic (exact) mass is 391 g/mol. The lowest BCUT2D eigenvalue weighted by atomic mass is 9.93. The Balaban J connectivity index is 1.73. The predicted octanol–water partition coefficient (Wildman–Crippen LogP) is 4.43. The number of carbonyl (C=O) groups is 2. The zero-order valence-corrected chi connectivity index (χ0v) is 17.4. The summed E-state index contributed by atoms with van der Waals surface area (Å²) in [6.45, 7) is 8.65. The minimum atomic E-state index is -0.299. The first-order valence-corrected chi connectivity index (χ1v) is 10.2. The molecule has 1 aliphatic rings. The molecule has 0 fully saturated rings. The van der Waals surface area contributed by atoms with Gasteiger partial charge < -0.3 is 10.2 Å². The number of rotatable bonds is 7. The Hall–Kier alpha value is -2.92. The molecule has 1 heterocycles. The van der Waals surface area contributed by atoms with Crippen molar-refractivity contribution >= 4 is 23.6 Å². The van der Waals surface area contributed by atoms with Gasteiger partial charge in [0.25, 0.3) is 0 Å². The summed E-state index contributed by atoms with van der Waals surface area (Å²) in [4.78, 5) is 28.9. The molecule has 5 heteroatoms. The first-order chi connectivity index (χ1) is 14.0. The van der Waals surface area contributed by atoms with Crippen LogP contribution in [0, 0.1) is 0 Å². The van der Waals surface area contributed by atoms with Gasteiger partial charge in [-0.05, 0) is 48.0 Å². The molecule has 0 radical (unpaired) electrons. The van der Waals surface area contributed by atoms with E-state index in [4.69, 9.17) is 0 Å². The SMILES string of the molecule is CCN(CC)Cc1cccc(NC(=O)CC2c3ccccc3C=CN2C(C)=O)c1. The van der Waals surface area contributed by atoms with Crippen molar-refractivity contribution in [3.8, 4) is 0 Å². The van der Waals surface area contributed by atoms with Crippen LogP contribution in [0.1, 0.15) is 49.9 Å². The number of anilines is 1. The topological polar surface area (TPSA) is 52.7 Å². The Kier molecular flexibility index (Phi) is 6.83. The summed E-state index contributed by atoms with van der Waals surface area (Å²) in [6.07, 6.45) is 3.90. The van der Waals surface area contributed by atoms with E-state index in [1.165, 1.54) is 12.5 Å². The Morgan fingerprint density at radius 1 is 1.07 bits per heavy atom. The molecule has 5 nitrogen and oxygen atoms in total. The van der Waals surface area contributed by atoms with E-state index in [1.807, 2.05) is 48.5 Å². The van der Waals surface area contributed by atoms with Crippen LogP contribution in [0.5, 0.6) is 0 Å². The number of hydrogen-bond donors (Lipinski definition) is 1. The summed E-state index contributed by atoms with van der Waals surface area (Å²) in [5.74, 6) is -0.180. The molecule has 152 valence electrons. The molecule has 0 aromatic heterocycles. The van der Waals surface area contributed by atoms with Crippen LogP contribution in [0.3, 0.4) is 0 Å². The van der Waals surface area contributed by atoms with Crippen molar-refractivity contribution in [1.29, 1.82) is 0 Å². The summed E-state index contributed by atoms with van der Waals surface area (Å²) < 4.78 is 0. The second-order valence-corrected chi connectivity index (χ2v) is 7.30. The van der Waals surface area contributed by atoms with Gasteiger partial charge in [-0.1, -0.05) is 50.2 Å². The zero-order chi connectivity index (χ0) is 20.8. The maximum absolute atomic E-state index is 12.8. The molecule has 0 saturated heterocycles. The molecule has 2 aromatic carbocycles. The number of carbonyl (C=O) groups excluding carboxylic acids is 2. The quantitative estimate of drug-likeness (QED) is 0.760. The Labute approximate surface area is 173 Å². The van der Waals surface area contributed by atoms with E-state index in [0.717, 1.165) is 36.4 Å². The standard InChI is InChI=1S/C24H29N3O2/c1-4-26(5-2)17-19-9-8-11-21(15-19)25-24(29)16-23-22-12-7-6-10-20(22)13-14-27(23)18(3)28/h6-15,23H,4-5,16-17H2,1-3H3,(H,25,29). The minimum absolute atomic E-state index is 0.0743. The molecular weight excluding hydrogens is 362 g/mol. The average molecular weight is 392 g/mol. The van der Waals surface area contributed by atoms with Crippen molar-refractivity contribution in [3.05, 3.63) is 71.4 Å². The highest BCUT2D eigenvalue weighted by Crippen LogP contribution is 2.33. The van der Waals surface area contributed by atoms with Crippen molar-refractivity contribution in [1.82, 2.24) is 9.80 Å². The van der Waals surface area contributed by atoms with E-state index in [2.05, 4.69) is 30.1 Å². The van der Waals surface area contributed by atoms with E-state index >= 15 is 0 Å². The molecule has 29 heavy (non-hydrogen) atoms. The van der Waals surface area contributed by atoms with Crippen LogP contribution < -0.4 is 5.32 Å². The lowest BCUT2D eigenvalue weighted by molar-refractivity contribution is -0.129. The molecule has 1 unspecified atom stereocenters. The highest BCUT2D eigenvalue weighted by Gasteiger charge is 2.28. The molecular formula is C24H29N3O2. The van der Waals surface area contributed by atoms with Gasteiger partial charge in [-0.3, -0.25) is 14.5 Å². The van der Waals surface area contributed by atoms with E-state index in [9.17, 15) is 9.59 Å². The molecule has 2 amide bonds. The normalized spacial score (nSPS) is 15.3. The molecule has 1 atom stereocenters. The highest BCUT2D eigenvalue weighted by atomic mass is 16.2. The maximum Gasteiger partial charge on any atom is 0.226 e. The van der Waals surface area contributed by atoms with Crippen LogP contribution in [0.2, 0.25) is 0 Å². The first-order valence-electron chi connectivity index (χ1n) is 10.2. The van der Waals surface area contributed by atoms with Crippen molar-refractivity contribution in [2.75, 3.05) is 18.4 Å². The van der Waals surface area contributed by atoms with E-state index in [-0.39, 0.29) is 24.3 Å². The maximum atomic E-state index is 12.8. The fraction of sp³-hybridized carbons (Fsp3) is 0.333. The molecule has 1 aliphatic heterocycles. The van der Waals surface area contributed by atoms with Gasteiger partial charge in [0.2, 0.25) is 11.8 Å². The number of hydrogen-bond acceptors (Lipinski definition) is 3. The Bertz CT molecular complexity index is 903. The van der Waals surface area contributed by atoms with Gasteiger partial charge >= 0.3 is 0 Å². The van der Waals surface area contributed by atoms with Crippen LogP contribution >= 0.6 is 0 Å². The smallest absolute Gasteiger partial charge is 0.226 e. The van der Waals surface area contributed by atoms with E-state index in [1.54, 1.807) is 11.1 Å². The van der Waals surface area contributed by atoms with Gasteiger partial charge in [0.15, 0.2) is 0 Å². The number of benzene rings is 2. The Morgan fingerprint density at radius 2 is 1.83 bits per heavy atom. The summed E-state index contributed by atoms with van der Waals surface area (Å²) in [5, 5.41) is 3.01. The first kappa shape index (κ1) is 20.8. The summed E-state index contributed by atoms with van der Waals surface area (Å²) in [6, 6.07) is 15.6. The molecule has 0 bridgehead atoms. The lowest BCUT2D eigenvalue weighted by Crippen LogP contribution is -2.33. The highest BCUT2D eigenvalue weighted by molar-refractivity contribution is 5.92. The largest absolute Gasteiger partial charge is 0.326 e. The van der Waals surface area contributed by atoms with Gasteiger partial charge in [0.1, 0.15) is 0 Å². The van der Waals surface area contributed by atoms with Crippen LogP contribution in [-0.2, 0) is 16.1 Å². The van der Waals surface area contributed by atoms with E-state index < -0.39 is 0 Å². The third-order valence-corrected chi connectivity index (χ3v) is 5.36. The lowest BCUT2D eigenvalue weighted by Gasteiger charge is -2.32. The van der Waals surface area contributed by atoms with Crippen LogP contribution in [0.25, 0.3) is 6.08 Å². The third kappa shape index (κ3) is 5.12. The second kappa shape index (κ2) is 9.52. The average Bonchev–Trinajstić information content (AvgIpc) is 2.72. The predicted molar refractivity (Wildman–Crippen MR) is 117 cm³/mol. The minimum Gasteiger partial charge on any atom is -0.326 e. The molecule has 0 spiro atoms. The van der Waals surface area contributed by atoms with Crippen molar-refractivity contribution in [2.24, 2.45) is 0 Å². The Morgan fingerprint density at radius 3 is 2.55 bits per heavy atom. The number of amides is 2. The number of fused-ring (bicyclic) bond motifs is 1. The number of nitrogens with one attached hydrogen (secondary N) is 1. The molecule has 3 rings (SSSR count). The van der Waals surface area contributed by atoms with Gasteiger partial charge in [-0.25, -0.2) is 0 Å². The van der Waals surface area contributed by atoms with Crippen molar-refractivity contribution < 1.29 is 9.59 Å². The molecule has 0 saturated carbocycles. The van der Waals surface area contributed by atoms with Gasteiger partial charge in [-0.2, -0.15) is 0 Å². The van der Waals surface area contributed by atoms with Crippen molar-refractivity contribution in [2.45, 2.75) is 39.8 Å². The number of nitrogens with zero attached hydrogens (tertiary/aromatic N) is 2. The summed E-state index contributed by atoms with van der Waals surface area (Å²) in [5.41, 5.74) is 4.00.